The van der Waals surface area contributed by atoms with E-state index < -0.39 is 0 Å². The smallest absolute Gasteiger partial charge is 0.238 e. The summed E-state index contributed by atoms with van der Waals surface area (Å²) in [5.41, 5.74) is 3.30. The van der Waals surface area contributed by atoms with Gasteiger partial charge in [-0.1, -0.05) is 26.0 Å². The highest BCUT2D eigenvalue weighted by Gasteiger charge is 2.23. The van der Waals surface area contributed by atoms with Crippen LogP contribution < -0.4 is 5.32 Å². The van der Waals surface area contributed by atoms with Crippen molar-refractivity contribution < 1.29 is 4.79 Å². The molecule has 1 aromatic carbocycles. The number of carbonyl (C=O) groups excluding carboxylic acids is 1. The Balaban J connectivity index is 1.94. The van der Waals surface area contributed by atoms with Gasteiger partial charge < -0.3 is 5.32 Å². The molecule has 2 rings (SSSR count). The quantitative estimate of drug-likeness (QED) is 0.918. The largest absolute Gasteiger partial charge is 0.325 e. The number of carbonyl (C=O) groups is 1. The zero-order valence-electron chi connectivity index (χ0n) is 13.1. The van der Waals surface area contributed by atoms with Gasteiger partial charge in [0.15, 0.2) is 0 Å². The van der Waals surface area contributed by atoms with Crippen LogP contribution in [0.4, 0.5) is 5.69 Å². The number of benzene rings is 1. The Morgan fingerprint density at radius 2 is 1.90 bits per heavy atom. The van der Waals surface area contributed by atoms with Crippen molar-refractivity contribution in [3.05, 3.63) is 29.3 Å². The molecule has 20 heavy (non-hydrogen) atoms. The van der Waals surface area contributed by atoms with Gasteiger partial charge in [0.2, 0.25) is 5.91 Å². The van der Waals surface area contributed by atoms with Crippen LogP contribution in [-0.4, -0.2) is 30.4 Å². The molecule has 1 amide bonds. The van der Waals surface area contributed by atoms with Crippen molar-refractivity contribution >= 4 is 11.6 Å². The molecule has 0 radical (unpaired) electrons. The maximum atomic E-state index is 12.2. The normalized spacial score (nSPS) is 23.6. The van der Waals surface area contributed by atoms with Gasteiger partial charge in [0, 0.05) is 18.8 Å². The average molecular weight is 274 g/mol. The monoisotopic (exact) mass is 274 g/mol. The van der Waals surface area contributed by atoms with Gasteiger partial charge in [-0.3, -0.25) is 9.69 Å². The molecule has 1 aliphatic rings. The lowest BCUT2D eigenvalue weighted by Gasteiger charge is -2.34. The van der Waals surface area contributed by atoms with Gasteiger partial charge >= 0.3 is 0 Å². The van der Waals surface area contributed by atoms with E-state index >= 15 is 0 Å². The molecule has 0 aliphatic carbocycles. The molecule has 0 bridgehead atoms. The van der Waals surface area contributed by atoms with Crippen molar-refractivity contribution in [2.45, 2.75) is 34.1 Å². The van der Waals surface area contributed by atoms with Gasteiger partial charge in [-0.25, -0.2) is 0 Å². The molecule has 2 atom stereocenters. The van der Waals surface area contributed by atoms with E-state index in [9.17, 15) is 4.79 Å². The fourth-order valence-corrected chi connectivity index (χ4v) is 3.20. The number of anilines is 1. The van der Waals surface area contributed by atoms with Gasteiger partial charge in [-0.2, -0.15) is 0 Å². The number of nitrogens with one attached hydrogen (secondary N) is 1. The van der Waals surface area contributed by atoms with Crippen molar-refractivity contribution in [2.75, 3.05) is 25.0 Å². The Hall–Kier alpha value is -1.35. The summed E-state index contributed by atoms with van der Waals surface area (Å²) in [5.74, 6) is 1.47. The van der Waals surface area contributed by atoms with Crippen LogP contribution in [0.25, 0.3) is 0 Å². The minimum Gasteiger partial charge on any atom is -0.325 e. The first-order valence-electron chi connectivity index (χ1n) is 7.54. The molecule has 1 heterocycles. The van der Waals surface area contributed by atoms with Crippen molar-refractivity contribution in [1.29, 1.82) is 0 Å². The first kappa shape index (κ1) is 15.0. The lowest BCUT2D eigenvalue weighted by molar-refractivity contribution is -0.117. The maximum absolute atomic E-state index is 12.2. The van der Waals surface area contributed by atoms with Gasteiger partial charge in [0.25, 0.3) is 0 Å². The summed E-state index contributed by atoms with van der Waals surface area (Å²) >= 11 is 0. The summed E-state index contributed by atoms with van der Waals surface area (Å²) in [5, 5.41) is 3.05. The molecule has 1 aliphatic heterocycles. The molecule has 110 valence electrons. The third-order valence-corrected chi connectivity index (χ3v) is 4.19. The van der Waals surface area contributed by atoms with Gasteiger partial charge in [0.05, 0.1) is 6.54 Å². The van der Waals surface area contributed by atoms with Crippen LogP contribution in [0, 0.1) is 25.7 Å². The summed E-state index contributed by atoms with van der Waals surface area (Å²) in [6, 6.07) is 6.03. The summed E-state index contributed by atoms with van der Waals surface area (Å²) in [6.07, 6.45) is 1.27. The third-order valence-electron chi connectivity index (χ3n) is 4.19. The molecule has 0 aromatic heterocycles. The van der Waals surface area contributed by atoms with E-state index in [4.69, 9.17) is 0 Å². The van der Waals surface area contributed by atoms with Crippen LogP contribution in [0.2, 0.25) is 0 Å². The average Bonchev–Trinajstić information content (AvgIpc) is 2.33. The molecule has 3 nitrogen and oxygen atoms in total. The molecular formula is C17H26N2O. The number of amides is 1. The Morgan fingerprint density at radius 3 is 2.55 bits per heavy atom. The molecule has 0 saturated carbocycles. The zero-order valence-corrected chi connectivity index (χ0v) is 13.1. The van der Waals surface area contributed by atoms with E-state index in [1.54, 1.807) is 0 Å². The first-order valence-corrected chi connectivity index (χ1v) is 7.54. The molecule has 1 aromatic rings. The second kappa shape index (κ2) is 6.40. The number of nitrogens with zero attached hydrogens (tertiary/aromatic N) is 1. The number of piperidine rings is 1. The van der Waals surface area contributed by atoms with Crippen LogP contribution in [0.1, 0.15) is 31.4 Å². The number of rotatable bonds is 3. The third kappa shape index (κ3) is 3.83. The molecule has 0 unspecified atom stereocenters. The Kier molecular flexibility index (Phi) is 4.81. The Morgan fingerprint density at radius 1 is 1.25 bits per heavy atom. The predicted octanol–water partition coefficient (Wildman–Crippen LogP) is 3.22. The fraction of sp³-hybridized carbons (Fsp3) is 0.588. The lowest BCUT2D eigenvalue weighted by Crippen LogP contribution is -2.42. The second-order valence-corrected chi connectivity index (χ2v) is 6.44. The minimum atomic E-state index is 0.0972. The summed E-state index contributed by atoms with van der Waals surface area (Å²) in [6.45, 7) is 11.2. The van der Waals surface area contributed by atoms with Crippen LogP contribution >= 0.6 is 0 Å². The number of hydrogen-bond donors (Lipinski definition) is 1. The van der Waals surface area contributed by atoms with Crippen molar-refractivity contribution in [3.63, 3.8) is 0 Å². The van der Waals surface area contributed by atoms with E-state index in [0.29, 0.717) is 18.4 Å². The SMILES string of the molecule is Cc1cccc(NC(=O)CN2C[C@H](C)C[C@H](C)C2)c1C. The van der Waals surface area contributed by atoms with E-state index in [1.165, 1.54) is 12.0 Å². The van der Waals surface area contributed by atoms with Gasteiger partial charge in [-0.05, 0) is 49.3 Å². The molecule has 1 saturated heterocycles. The van der Waals surface area contributed by atoms with Crippen molar-refractivity contribution in [2.24, 2.45) is 11.8 Å². The summed E-state index contributed by atoms with van der Waals surface area (Å²) in [7, 11) is 0. The summed E-state index contributed by atoms with van der Waals surface area (Å²) < 4.78 is 0. The van der Waals surface area contributed by atoms with E-state index in [1.807, 2.05) is 12.1 Å². The fourth-order valence-electron chi connectivity index (χ4n) is 3.20. The Labute approximate surface area is 122 Å². The highest BCUT2D eigenvalue weighted by Crippen LogP contribution is 2.21. The van der Waals surface area contributed by atoms with E-state index in [2.05, 4.69) is 44.0 Å². The van der Waals surface area contributed by atoms with Crippen LogP contribution in [0.3, 0.4) is 0 Å². The molecule has 0 spiro atoms. The van der Waals surface area contributed by atoms with Gasteiger partial charge in [0.1, 0.15) is 0 Å². The molecule has 3 heteroatoms. The second-order valence-electron chi connectivity index (χ2n) is 6.44. The topological polar surface area (TPSA) is 32.3 Å². The predicted molar refractivity (Wildman–Crippen MR) is 83.9 cm³/mol. The van der Waals surface area contributed by atoms with Gasteiger partial charge in [-0.15, -0.1) is 0 Å². The minimum absolute atomic E-state index is 0.0972. The molecule has 1 fully saturated rings. The standard InChI is InChI=1S/C17H26N2O/c1-12-8-13(2)10-19(9-12)11-17(20)18-16-7-5-6-14(3)15(16)4/h5-7,12-13H,8-11H2,1-4H3,(H,18,20)/t12-,13+. The highest BCUT2D eigenvalue weighted by atomic mass is 16.2. The van der Waals surface area contributed by atoms with Crippen molar-refractivity contribution in [3.8, 4) is 0 Å². The lowest BCUT2D eigenvalue weighted by atomic mass is 9.92. The number of aryl methyl sites for hydroxylation is 1. The molecule has 1 N–H and O–H groups in total. The van der Waals surface area contributed by atoms with E-state index in [-0.39, 0.29) is 5.91 Å². The first-order chi connectivity index (χ1) is 9.45. The highest BCUT2D eigenvalue weighted by molar-refractivity contribution is 5.93. The number of hydrogen-bond acceptors (Lipinski definition) is 2. The van der Waals surface area contributed by atoms with Crippen LogP contribution in [-0.2, 0) is 4.79 Å². The van der Waals surface area contributed by atoms with Crippen molar-refractivity contribution in [1.82, 2.24) is 4.90 Å². The molecular weight excluding hydrogens is 248 g/mol. The van der Waals surface area contributed by atoms with E-state index in [0.717, 1.165) is 24.3 Å². The zero-order chi connectivity index (χ0) is 14.7. The van der Waals surface area contributed by atoms with Crippen LogP contribution in [0.5, 0.6) is 0 Å². The summed E-state index contributed by atoms with van der Waals surface area (Å²) in [4.78, 5) is 14.5. The maximum Gasteiger partial charge on any atom is 0.238 e. The number of likely N-dealkylation sites (tertiary alicyclic amines) is 1. The Bertz CT molecular complexity index is 474. The van der Waals surface area contributed by atoms with Crippen LogP contribution in [0.15, 0.2) is 18.2 Å².